The normalized spacial score (nSPS) is 12.1. The fourth-order valence-corrected chi connectivity index (χ4v) is 18.5. The molecule has 6 aromatic heterocycles. The number of nitrogens with zero attached hydrogens (tertiary/aromatic N) is 8. The third-order valence-corrected chi connectivity index (χ3v) is 24.1. The van der Waals surface area contributed by atoms with Gasteiger partial charge < -0.3 is 18.0 Å². The molecule has 0 spiro atoms. The van der Waals surface area contributed by atoms with Crippen LogP contribution in [0.25, 0.3) is 254 Å². The SMILES string of the molecule is c1ccc(-c2nc(-c3ccc4c(ccc5ccccc54)c3)nc(-c3cc(-n4c5cc6ccccc6cc5c5c(-c6ccc(-c7ccc(-c8nc(-c9cc(-n%10c%11ccccc%11c%11cc%12ccccc%12cc%11%10)c%10oc%11ccccc%11c%10c9)nc(-c9cc%10ccccc%10c%10ccccc9%10)n8)cc7)cc6)cccc54)c4oc5ccccc5c4c3)n2)cc1. The van der Waals surface area contributed by atoms with Gasteiger partial charge in [0.15, 0.2) is 46.1 Å². The predicted molar refractivity (Wildman–Crippen MR) is 485 cm³/mol. The van der Waals surface area contributed by atoms with Gasteiger partial charge in [0.2, 0.25) is 0 Å². The van der Waals surface area contributed by atoms with Crippen LogP contribution in [0.15, 0.2) is 385 Å². The molecule has 25 rings (SSSR count). The van der Waals surface area contributed by atoms with Crippen LogP contribution in [0.2, 0.25) is 0 Å². The number of hydrogen-bond acceptors (Lipinski definition) is 8. The molecule has 0 atom stereocenters. The average molecular weight is 1500 g/mol. The molecule has 10 nitrogen and oxygen atoms in total. The summed E-state index contributed by atoms with van der Waals surface area (Å²) in [6.07, 6.45) is 0. The van der Waals surface area contributed by atoms with Gasteiger partial charge in [0, 0.05) is 76.5 Å². The Morgan fingerprint density at radius 1 is 0.178 bits per heavy atom. The lowest BCUT2D eigenvalue weighted by molar-refractivity contribution is 0.666. The molecule has 0 aliphatic carbocycles. The fourth-order valence-electron chi connectivity index (χ4n) is 18.5. The highest BCUT2D eigenvalue weighted by Gasteiger charge is 2.27. The van der Waals surface area contributed by atoms with Crippen LogP contribution in [0, 0.1) is 0 Å². The van der Waals surface area contributed by atoms with Crippen molar-refractivity contribution < 1.29 is 8.83 Å². The minimum atomic E-state index is 0.539. The van der Waals surface area contributed by atoms with E-state index in [0.717, 1.165) is 192 Å². The second-order valence-corrected chi connectivity index (χ2v) is 30.8. The third kappa shape index (κ3) is 10.3. The fraction of sp³-hybridized carbons (Fsp3) is 0. The monoisotopic (exact) mass is 1500 g/mol. The summed E-state index contributed by atoms with van der Waals surface area (Å²) >= 11 is 0. The molecule has 0 aliphatic heterocycles. The number of fused-ring (bicyclic) bond motifs is 20. The topological polar surface area (TPSA) is 113 Å². The van der Waals surface area contributed by atoms with Gasteiger partial charge in [-0.3, -0.25) is 0 Å². The highest BCUT2D eigenvalue weighted by atomic mass is 16.3. The summed E-state index contributed by atoms with van der Waals surface area (Å²) < 4.78 is 18.8. The van der Waals surface area contributed by atoms with Crippen molar-refractivity contribution in [3.63, 3.8) is 0 Å². The summed E-state index contributed by atoms with van der Waals surface area (Å²) in [5, 5.41) is 22.2. The van der Waals surface area contributed by atoms with E-state index in [0.29, 0.717) is 34.9 Å². The molecule has 546 valence electrons. The first-order valence-corrected chi connectivity index (χ1v) is 39.9. The summed E-state index contributed by atoms with van der Waals surface area (Å²) in [6.45, 7) is 0. The minimum absolute atomic E-state index is 0.539. The van der Waals surface area contributed by atoms with Crippen LogP contribution in [0.1, 0.15) is 0 Å². The van der Waals surface area contributed by atoms with E-state index < -0.39 is 0 Å². The molecule has 6 heterocycles. The van der Waals surface area contributed by atoms with Crippen molar-refractivity contribution in [3.05, 3.63) is 376 Å². The second-order valence-electron chi connectivity index (χ2n) is 30.8. The van der Waals surface area contributed by atoms with Crippen LogP contribution in [-0.2, 0) is 0 Å². The van der Waals surface area contributed by atoms with E-state index in [-0.39, 0.29) is 0 Å². The average Bonchev–Trinajstić information content (AvgIpc) is 1.46. The number of benzene rings is 19. The van der Waals surface area contributed by atoms with Crippen molar-refractivity contribution >= 4 is 152 Å². The number of hydrogen-bond donors (Lipinski definition) is 0. The van der Waals surface area contributed by atoms with Crippen LogP contribution >= 0.6 is 0 Å². The number of furan rings is 2. The maximum Gasteiger partial charge on any atom is 0.164 e. The minimum Gasteiger partial charge on any atom is -0.454 e. The Kier molecular flexibility index (Phi) is 14.3. The van der Waals surface area contributed by atoms with E-state index >= 15 is 0 Å². The van der Waals surface area contributed by atoms with Crippen molar-refractivity contribution in [2.75, 3.05) is 0 Å². The number of rotatable bonds is 10. The lowest BCUT2D eigenvalue weighted by Gasteiger charge is -2.14. The van der Waals surface area contributed by atoms with Crippen molar-refractivity contribution in [3.8, 4) is 102 Å². The molecule has 0 fully saturated rings. The Morgan fingerprint density at radius 3 is 1.21 bits per heavy atom. The molecule has 19 aromatic carbocycles. The summed E-state index contributed by atoms with van der Waals surface area (Å²) in [7, 11) is 0. The van der Waals surface area contributed by atoms with Crippen LogP contribution < -0.4 is 0 Å². The number of para-hydroxylation sites is 3. The molecule has 0 amide bonds. The van der Waals surface area contributed by atoms with Gasteiger partial charge in [-0.15, -0.1) is 0 Å². The smallest absolute Gasteiger partial charge is 0.164 e. The van der Waals surface area contributed by atoms with Crippen molar-refractivity contribution in [1.82, 2.24) is 39.0 Å². The molecule has 25 aromatic rings. The van der Waals surface area contributed by atoms with E-state index in [9.17, 15) is 0 Å². The first-order chi connectivity index (χ1) is 58.4. The molecule has 0 radical (unpaired) electrons. The van der Waals surface area contributed by atoms with Crippen molar-refractivity contribution in [2.45, 2.75) is 0 Å². The van der Waals surface area contributed by atoms with Gasteiger partial charge >= 0.3 is 0 Å². The first-order valence-electron chi connectivity index (χ1n) is 39.9. The van der Waals surface area contributed by atoms with Crippen LogP contribution in [0.4, 0.5) is 0 Å². The largest absolute Gasteiger partial charge is 0.454 e. The molecule has 0 saturated carbocycles. The van der Waals surface area contributed by atoms with E-state index in [1.165, 1.54) is 26.9 Å². The molecular formula is C108H62N8O2. The molecule has 0 saturated heterocycles. The van der Waals surface area contributed by atoms with Crippen LogP contribution in [-0.4, -0.2) is 39.0 Å². The Labute approximate surface area is 673 Å². The summed E-state index contributed by atoms with van der Waals surface area (Å²) in [4.78, 5) is 32.7. The third-order valence-electron chi connectivity index (χ3n) is 24.1. The molecular weight excluding hydrogens is 1440 g/mol. The van der Waals surface area contributed by atoms with Crippen molar-refractivity contribution in [1.29, 1.82) is 0 Å². The predicted octanol–water partition coefficient (Wildman–Crippen LogP) is 28.3. The maximum atomic E-state index is 7.10. The molecule has 118 heavy (non-hydrogen) atoms. The van der Waals surface area contributed by atoms with E-state index in [1.807, 2.05) is 30.3 Å². The maximum absolute atomic E-state index is 7.10. The molecule has 0 aliphatic rings. The van der Waals surface area contributed by atoms with E-state index in [2.05, 4.69) is 355 Å². The Balaban J connectivity index is 0.627. The van der Waals surface area contributed by atoms with E-state index in [4.69, 9.17) is 38.7 Å². The van der Waals surface area contributed by atoms with Gasteiger partial charge in [-0.1, -0.05) is 291 Å². The zero-order valence-electron chi connectivity index (χ0n) is 63.2. The molecule has 0 N–H and O–H groups in total. The quantitative estimate of drug-likeness (QED) is 0.124. The Morgan fingerprint density at radius 2 is 0.585 bits per heavy atom. The Hall–Kier alpha value is -16.0. The highest BCUT2D eigenvalue weighted by molar-refractivity contribution is 6.22. The lowest BCUT2D eigenvalue weighted by Crippen LogP contribution is -2.02. The standard InChI is InChI=1S/C108H62N8O2/c1-2-22-67(23-3-1)103-109-105(75-51-52-80-74(53-75)50-47-65-21-8-10-29-78(65)80)112-106(110-103)76-57-89-86-35-16-19-40-99(86)118-102(89)97(62-76)116-93-38-20-36-81(100(93)91-55-70-25-5-7-27-72(70)60-95(91)116)66-45-41-63(42-46-66)64-43-48-68(49-44-64)104-111-107(114-108(113-104)90-56-73-28-9-11-30-79(73)82-31-12-13-32-83(82)90)77-58-88-85-34-15-18-39-98(85)117-101(88)96(61-77)115-92-37-17-14-33-84(92)87-54-69-24-4-6-26-71(69)59-94(87)115/h1-62H. The highest BCUT2D eigenvalue weighted by Crippen LogP contribution is 2.48. The Bertz CT molecular complexity index is 8570. The summed E-state index contributed by atoms with van der Waals surface area (Å²) in [5.74, 6) is 3.38. The zero-order chi connectivity index (χ0) is 77.2. The summed E-state index contributed by atoms with van der Waals surface area (Å²) in [6, 6.07) is 134. The second kappa shape index (κ2) is 25.7. The first kappa shape index (κ1) is 65.5. The van der Waals surface area contributed by atoms with Gasteiger partial charge in [-0.2, -0.15) is 0 Å². The van der Waals surface area contributed by atoms with Gasteiger partial charge in [0.05, 0.1) is 33.4 Å². The van der Waals surface area contributed by atoms with Gasteiger partial charge in [0.25, 0.3) is 0 Å². The van der Waals surface area contributed by atoms with Gasteiger partial charge in [-0.05, 0) is 172 Å². The van der Waals surface area contributed by atoms with Crippen LogP contribution in [0.3, 0.4) is 0 Å². The van der Waals surface area contributed by atoms with Crippen molar-refractivity contribution in [2.24, 2.45) is 0 Å². The lowest BCUT2D eigenvalue weighted by atomic mass is 9.96. The van der Waals surface area contributed by atoms with Gasteiger partial charge in [0.1, 0.15) is 11.2 Å². The molecule has 10 heteroatoms. The number of aromatic nitrogens is 8. The zero-order valence-corrected chi connectivity index (χ0v) is 63.2. The van der Waals surface area contributed by atoms with Crippen LogP contribution in [0.5, 0.6) is 0 Å². The van der Waals surface area contributed by atoms with Gasteiger partial charge in [-0.25, -0.2) is 29.9 Å². The summed E-state index contributed by atoms with van der Waals surface area (Å²) in [5.41, 5.74) is 18.6. The molecule has 0 bridgehead atoms. The van der Waals surface area contributed by atoms with E-state index in [1.54, 1.807) is 0 Å². The molecule has 0 unspecified atom stereocenters.